The van der Waals surface area contributed by atoms with Crippen molar-refractivity contribution in [3.05, 3.63) is 11.4 Å². The Morgan fingerprint density at radius 1 is 1.16 bits per heavy atom. The van der Waals surface area contributed by atoms with E-state index in [4.69, 9.17) is 9.47 Å². The fourth-order valence-electron chi connectivity index (χ4n) is 8.38. The topological polar surface area (TPSA) is 107 Å². The van der Waals surface area contributed by atoms with Crippen LogP contribution in [-0.2, 0) is 28.7 Å². The summed E-state index contributed by atoms with van der Waals surface area (Å²) >= 11 is 0. The first-order valence-corrected chi connectivity index (χ1v) is 12.9. The van der Waals surface area contributed by atoms with Gasteiger partial charge in [0, 0.05) is 48.0 Å². The fraction of sp³-hybridized carbons (Fsp3) is 0.778. The van der Waals surface area contributed by atoms with Gasteiger partial charge in [-0.3, -0.25) is 19.2 Å². The van der Waals surface area contributed by atoms with Gasteiger partial charge < -0.3 is 14.6 Å². The molecular weight excluding hydrogens is 493 g/mol. The Kier molecular flexibility index (Phi) is 6.70. The number of rotatable bonds is 5. The first-order chi connectivity index (χ1) is 17.1. The Morgan fingerprint density at radius 2 is 1.81 bits per heavy atom. The van der Waals surface area contributed by atoms with E-state index >= 15 is 8.78 Å². The summed E-state index contributed by atoms with van der Waals surface area (Å²) in [6.45, 7) is 6.68. The molecular formula is C27H35F3O7. The second-order valence-electron chi connectivity index (χ2n) is 11.7. The standard InChI is InChI=1S/C27H35F3O7/c1-6-21(35)37-27(20(34)12-36-14(3)31)13(2)9-15-16-10-17(28)22-23(29)18(32)7-8-24(22,4)26(16,30)19(33)11-25(15,27)5/h13,15-17,19,33H,6-12H2,1-5H3/t13?,15-,16-,17?,19?,24-,25-,26-,27-/m0/s1. The van der Waals surface area contributed by atoms with E-state index in [0.29, 0.717) is 0 Å². The predicted molar refractivity (Wildman–Crippen MR) is 124 cm³/mol. The van der Waals surface area contributed by atoms with E-state index in [1.165, 1.54) is 6.92 Å². The zero-order valence-electron chi connectivity index (χ0n) is 21.9. The number of carbonyl (C=O) groups is 4. The molecule has 0 aromatic heterocycles. The number of hydrogen-bond acceptors (Lipinski definition) is 7. The molecule has 0 aliphatic heterocycles. The molecule has 3 unspecified atom stereocenters. The quantitative estimate of drug-likeness (QED) is 0.540. The summed E-state index contributed by atoms with van der Waals surface area (Å²) < 4.78 is 58.8. The smallest absolute Gasteiger partial charge is 0.306 e. The molecule has 4 aliphatic carbocycles. The fourth-order valence-corrected chi connectivity index (χ4v) is 8.38. The summed E-state index contributed by atoms with van der Waals surface area (Å²) in [6.07, 6.45) is -4.86. The van der Waals surface area contributed by atoms with Gasteiger partial charge >= 0.3 is 11.9 Å². The second kappa shape index (κ2) is 8.92. The van der Waals surface area contributed by atoms with Crippen LogP contribution in [0.5, 0.6) is 0 Å². The number of ketones is 2. The van der Waals surface area contributed by atoms with Crippen molar-refractivity contribution in [2.45, 2.75) is 96.7 Å². The molecule has 0 saturated heterocycles. The lowest BCUT2D eigenvalue weighted by molar-refractivity contribution is -0.239. The average Bonchev–Trinajstić information content (AvgIpc) is 3.04. The molecule has 0 heterocycles. The summed E-state index contributed by atoms with van der Waals surface area (Å²) in [5.41, 5.74) is -7.93. The Morgan fingerprint density at radius 3 is 2.41 bits per heavy atom. The SMILES string of the molecule is CCC(=O)O[C@]1(C(=O)COC(C)=O)C(C)C[C@H]2[C@@H]3CC(F)C4=C(F)C(=O)CC[C@]4(C)[C@@]3(F)C(O)C[C@@]21C. The van der Waals surface area contributed by atoms with E-state index in [2.05, 4.69) is 0 Å². The lowest BCUT2D eigenvalue weighted by Gasteiger charge is -2.64. The van der Waals surface area contributed by atoms with Gasteiger partial charge in [0.2, 0.25) is 5.78 Å². The molecule has 7 nitrogen and oxygen atoms in total. The van der Waals surface area contributed by atoms with Gasteiger partial charge in [-0.1, -0.05) is 27.7 Å². The Labute approximate surface area is 214 Å². The summed E-state index contributed by atoms with van der Waals surface area (Å²) in [7, 11) is 0. The molecule has 4 aliphatic rings. The van der Waals surface area contributed by atoms with E-state index in [9.17, 15) is 28.7 Å². The minimum absolute atomic E-state index is 0.0544. The van der Waals surface area contributed by atoms with Crippen molar-refractivity contribution >= 4 is 23.5 Å². The molecule has 0 aromatic rings. The number of ether oxygens (including phenoxy) is 2. The molecule has 0 aromatic carbocycles. The highest BCUT2D eigenvalue weighted by Crippen LogP contribution is 2.72. The number of aliphatic hydroxyl groups is 1. The molecule has 206 valence electrons. The molecule has 0 amide bonds. The van der Waals surface area contributed by atoms with Crippen LogP contribution in [0.2, 0.25) is 0 Å². The molecule has 3 fully saturated rings. The van der Waals surface area contributed by atoms with E-state index < -0.39 is 100 Å². The average molecular weight is 529 g/mol. The molecule has 1 N–H and O–H groups in total. The number of Topliss-reactive ketones (excluding diaryl/α,β-unsaturated/α-hetero) is 2. The van der Waals surface area contributed by atoms with Gasteiger partial charge in [-0.15, -0.1) is 0 Å². The normalized spacial score (nSPS) is 45.0. The third-order valence-corrected chi connectivity index (χ3v) is 10.0. The van der Waals surface area contributed by atoms with Crippen molar-refractivity contribution in [3.63, 3.8) is 0 Å². The number of fused-ring (bicyclic) bond motifs is 5. The molecule has 4 rings (SSSR count). The van der Waals surface area contributed by atoms with Crippen LogP contribution in [0.1, 0.15) is 73.1 Å². The molecule has 0 radical (unpaired) electrons. The largest absolute Gasteiger partial charge is 0.458 e. The first kappa shape index (κ1) is 27.8. The van der Waals surface area contributed by atoms with Crippen molar-refractivity contribution in [3.8, 4) is 0 Å². The van der Waals surface area contributed by atoms with Crippen molar-refractivity contribution in [1.29, 1.82) is 0 Å². The predicted octanol–water partition coefficient (Wildman–Crippen LogP) is 3.90. The second-order valence-corrected chi connectivity index (χ2v) is 11.7. The highest BCUT2D eigenvalue weighted by atomic mass is 19.2. The zero-order chi connectivity index (χ0) is 27.7. The minimum Gasteiger partial charge on any atom is -0.458 e. The molecule has 37 heavy (non-hydrogen) atoms. The van der Waals surface area contributed by atoms with Crippen molar-refractivity contribution in [2.75, 3.05) is 6.61 Å². The van der Waals surface area contributed by atoms with Gasteiger partial charge in [-0.25, -0.2) is 13.2 Å². The van der Waals surface area contributed by atoms with Gasteiger partial charge in [0.1, 0.15) is 11.8 Å². The lowest BCUT2D eigenvalue weighted by atomic mass is 9.43. The van der Waals surface area contributed by atoms with Gasteiger partial charge in [0.05, 0.1) is 6.10 Å². The molecule has 10 heteroatoms. The highest BCUT2D eigenvalue weighted by molar-refractivity contribution is 5.96. The maximum atomic E-state index is 17.4. The van der Waals surface area contributed by atoms with Crippen LogP contribution in [0, 0.1) is 28.6 Å². The minimum atomic E-state index is -2.48. The molecule has 3 saturated carbocycles. The summed E-state index contributed by atoms with van der Waals surface area (Å²) in [5, 5.41) is 11.5. The molecule has 0 bridgehead atoms. The highest BCUT2D eigenvalue weighted by Gasteiger charge is 2.78. The van der Waals surface area contributed by atoms with Crippen LogP contribution in [-0.4, -0.2) is 58.8 Å². The number of alkyl halides is 2. The third-order valence-electron chi connectivity index (χ3n) is 10.0. The Balaban J connectivity index is 1.86. The van der Waals surface area contributed by atoms with Crippen LogP contribution in [0.4, 0.5) is 13.2 Å². The van der Waals surface area contributed by atoms with Crippen molar-refractivity contribution < 1.29 is 46.9 Å². The van der Waals surface area contributed by atoms with Crippen molar-refractivity contribution in [1.82, 2.24) is 0 Å². The number of esters is 2. The monoisotopic (exact) mass is 528 g/mol. The van der Waals surface area contributed by atoms with Gasteiger partial charge in [-0.2, -0.15) is 0 Å². The van der Waals surface area contributed by atoms with Gasteiger partial charge in [0.25, 0.3) is 0 Å². The zero-order valence-corrected chi connectivity index (χ0v) is 21.9. The molecule has 0 spiro atoms. The summed E-state index contributed by atoms with van der Waals surface area (Å²) in [6, 6.07) is 0. The number of aliphatic hydroxyl groups excluding tert-OH is 1. The van der Waals surface area contributed by atoms with Gasteiger partial charge in [0.15, 0.2) is 23.8 Å². The van der Waals surface area contributed by atoms with E-state index in [-0.39, 0.29) is 32.1 Å². The van der Waals surface area contributed by atoms with Crippen LogP contribution >= 0.6 is 0 Å². The molecule has 9 atom stereocenters. The number of hydrogen-bond donors (Lipinski definition) is 1. The first-order valence-electron chi connectivity index (χ1n) is 12.9. The summed E-state index contributed by atoms with van der Waals surface area (Å²) in [4.78, 5) is 49.8. The Hall–Kier alpha value is -2.23. The van der Waals surface area contributed by atoms with E-state index in [1.807, 2.05) is 0 Å². The van der Waals surface area contributed by atoms with E-state index in [0.717, 1.165) is 6.92 Å². The van der Waals surface area contributed by atoms with Crippen LogP contribution in [0.15, 0.2) is 11.4 Å². The lowest BCUT2D eigenvalue weighted by Crippen LogP contribution is -2.71. The maximum Gasteiger partial charge on any atom is 0.306 e. The number of carbonyl (C=O) groups excluding carboxylic acids is 4. The van der Waals surface area contributed by atoms with Crippen LogP contribution < -0.4 is 0 Å². The van der Waals surface area contributed by atoms with E-state index in [1.54, 1.807) is 20.8 Å². The number of allylic oxidation sites excluding steroid dienone is 1. The maximum absolute atomic E-state index is 17.4. The number of halogens is 3. The van der Waals surface area contributed by atoms with Gasteiger partial charge in [-0.05, 0) is 31.6 Å². The van der Waals surface area contributed by atoms with Crippen LogP contribution in [0.3, 0.4) is 0 Å². The van der Waals surface area contributed by atoms with Crippen LogP contribution in [0.25, 0.3) is 0 Å². The Bertz CT molecular complexity index is 1070. The van der Waals surface area contributed by atoms with Crippen molar-refractivity contribution in [2.24, 2.45) is 28.6 Å². The third kappa shape index (κ3) is 3.49. The summed E-state index contributed by atoms with van der Waals surface area (Å²) in [5.74, 6) is -6.75.